The fourth-order valence-corrected chi connectivity index (χ4v) is 5.68. The second-order valence-electron chi connectivity index (χ2n) is 6.88. The van der Waals surface area contributed by atoms with Crippen molar-refractivity contribution in [3.8, 4) is 0 Å². The average Bonchev–Trinajstić information content (AvgIpc) is 3.23. The lowest BCUT2D eigenvalue weighted by Crippen LogP contribution is -2.53. The molecule has 0 unspecified atom stereocenters. The summed E-state index contributed by atoms with van der Waals surface area (Å²) in [5.74, 6) is 0.653. The summed E-state index contributed by atoms with van der Waals surface area (Å²) in [6.07, 6.45) is 0.0898. The molecular weight excluding hydrogens is 364 g/mol. The number of aliphatic hydroxyl groups excluding tert-OH is 2. The summed E-state index contributed by atoms with van der Waals surface area (Å²) in [7, 11) is -3.58. The zero-order valence-corrected chi connectivity index (χ0v) is 15.9. The van der Waals surface area contributed by atoms with Crippen LogP contribution in [0.1, 0.15) is 19.8 Å². The van der Waals surface area contributed by atoms with Crippen LogP contribution in [0, 0.1) is 5.92 Å². The molecule has 3 rings (SSSR count). The number of nitrogens with one attached hydrogen (secondary N) is 1. The van der Waals surface area contributed by atoms with E-state index in [1.807, 2.05) is 0 Å². The van der Waals surface area contributed by atoms with Gasteiger partial charge in [0.25, 0.3) is 0 Å². The van der Waals surface area contributed by atoms with E-state index in [2.05, 4.69) is 16.5 Å². The molecule has 142 valence electrons. The molecule has 3 N–H and O–H groups in total. The number of ether oxygens (including phenoxy) is 1. The first-order chi connectivity index (χ1) is 11.9. The van der Waals surface area contributed by atoms with Crippen LogP contribution >= 0.6 is 11.3 Å². The summed E-state index contributed by atoms with van der Waals surface area (Å²) in [5.41, 5.74) is 0. The van der Waals surface area contributed by atoms with Gasteiger partial charge in [0.1, 0.15) is 16.4 Å². The number of likely N-dealkylation sites (tertiary alicyclic amines) is 1. The predicted molar refractivity (Wildman–Crippen MR) is 95.0 cm³/mol. The Labute approximate surface area is 152 Å². The fraction of sp³-hybridized carbons (Fsp3) is 0.750. The van der Waals surface area contributed by atoms with Crippen LogP contribution in [0.25, 0.3) is 0 Å². The minimum atomic E-state index is -3.58. The molecule has 2 fully saturated rings. The van der Waals surface area contributed by atoms with E-state index in [-0.39, 0.29) is 23.4 Å². The standard InChI is InChI=1S/C16H26N2O5S2/c1-11-4-6-18(7-5-11)15-12(23-13(10-19)16(15)20)9-17-25(21,22)14-3-2-8-24-14/h2-3,8,11-13,15-17,19-20H,4-7,9-10H2,1H3/t12-,13+,15-,16-/m1/s1. The smallest absolute Gasteiger partial charge is 0.250 e. The molecule has 2 saturated heterocycles. The maximum Gasteiger partial charge on any atom is 0.250 e. The third-order valence-corrected chi connectivity index (χ3v) is 7.94. The fourth-order valence-electron chi connectivity index (χ4n) is 3.60. The van der Waals surface area contributed by atoms with Crippen molar-refractivity contribution in [2.24, 2.45) is 5.92 Å². The quantitative estimate of drug-likeness (QED) is 0.644. The van der Waals surface area contributed by atoms with E-state index in [0.717, 1.165) is 37.3 Å². The highest BCUT2D eigenvalue weighted by Crippen LogP contribution is 2.29. The predicted octanol–water partition coefficient (Wildman–Crippen LogP) is 0.248. The van der Waals surface area contributed by atoms with Gasteiger partial charge < -0.3 is 14.9 Å². The molecule has 0 amide bonds. The summed E-state index contributed by atoms with van der Waals surface area (Å²) in [5, 5.41) is 21.7. The van der Waals surface area contributed by atoms with Crippen LogP contribution in [0.15, 0.2) is 21.7 Å². The molecule has 0 spiro atoms. The zero-order valence-electron chi connectivity index (χ0n) is 14.2. The van der Waals surface area contributed by atoms with Crippen molar-refractivity contribution >= 4 is 21.4 Å². The van der Waals surface area contributed by atoms with E-state index in [1.54, 1.807) is 17.5 Å². The number of piperidine rings is 1. The van der Waals surface area contributed by atoms with E-state index in [0.29, 0.717) is 5.92 Å². The summed E-state index contributed by atoms with van der Waals surface area (Å²) in [6.45, 7) is 3.69. The maximum atomic E-state index is 12.3. The van der Waals surface area contributed by atoms with Gasteiger partial charge in [-0.25, -0.2) is 13.1 Å². The first-order valence-corrected chi connectivity index (χ1v) is 11.0. The number of aliphatic hydroxyl groups is 2. The van der Waals surface area contributed by atoms with Gasteiger partial charge in [-0.1, -0.05) is 13.0 Å². The van der Waals surface area contributed by atoms with Crippen molar-refractivity contribution in [2.75, 3.05) is 26.2 Å². The van der Waals surface area contributed by atoms with E-state index in [4.69, 9.17) is 4.74 Å². The maximum absolute atomic E-state index is 12.3. The van der Waals surface area contributed by atoms with Gasteiger partial charge in [-0.2, -0.15) is 0 Å². The molecule has 9 heteroatoms. The molecule has 0 saturated carbocycles. The van der Waals surface area contributed by atoms with Crippen molar-refractivity contribution in [3.05, 3.63) is 17.5 Å². The number of nitrogens with zero attached hydrogens (tertiary/aromatic N) is 1. The lowest BCUT2D eigenvalue weighted by atomic mass is 9.94. The van der Waals surface area contributed by atoms with Gasteiger partial charge >= 0.3 is 0 Å². The van der Waals surface area contributed by atoms with Crippen molar-refractivity contribution in [2.45, 2.75) is 48.3 Å². The lowest BCUT2D eigenvalue weighted by molar-refractivity contribution is -0.0201. The normalized spacial score (nSPS) is 32.3. The van der Waals surface area contributed by atoms with Gasteiger partial charge in [0.15, 0.2) is 0 Å². The third kappa shape index (κ3) is 4.24. The summed E-state index contributed by atoms with van der Waals surface area (Å²) < 4.78 is 33.3. The number of rotatable bonds is 6. The zero-order chi connectivity index (χ0) is 18.0. The van der Waals surface area contributed by atoms with Crippen molar-refractivity contribution in [1.29, 1.82) is 0 Å². The Morgan fingerprint density at radius 3 is 2.68 bits per heavy atom. The van der Waals surface area contributed by atoms with Crippen LogP contribution in [-0.2, 0) is 14.8 Å². The molecular formula is C16H26N2O5S2. The first-order valence-electron chi connectivity index (χ1n) is 8.64. The van der Waals surface area contributed by atoms with E-state index < -0.39 is 28.3 Å². The highest BCUT2D eigenvalue weighted by Gasteiger charge is 2.46. The van der Waals surface area contributed by atoms with Crippen molar-refractivity contribution in [1.82, 2.24) is 9.62 Å². The molecule has 0 bridgehead atoms. The number of thiophene rings is 1. The Balaban J connectivity index is 1.69. The topological polar surface area (TPSA) is 99.1 Å². The second-order valence-corrected chi connectivity index (χ2v) is 9.82. The molecule has 1 aromatic rings. The average molecular weight is 391 g/mol. The van der Waals surface area contributed by atoms with Crippen LogP contribution in [0.3, 0.4) is 0 Å². The van der Waals surface area contributed by atoms with Gasteiger partial charge in [-0.15, -0.1) is 11.3 Å². The molecule has 0 radical (unpaired) electrons. The number of sulfonamides is 1. The molecule has 2 aliphatic rings. The van der Waals surface area contributed by atoms with Crippen molar-refractivity contribution < 1.29 is 23.4 Å². The Bertz CT molecular complexity index is 643. The molecule has 1 aromatic heterocycles. The van der Waals surface area contributed by atoms with Crippen molar-refractivity contribution in [3.63, 3.8) is 0 Å². The minimum Gasteiger partial charge on any atom is -0.394 e. The van der Waals surface area contributed by atoms with Crippen LogP contribution in [0.4, 0.5) is 0 Å². The van der Waals surface area contributed by atoms with Gasteiger partial charge in [0.2, 0.25) is 10.0 Å². The van der Waals surface area contributed by atoms with E-state index in [1.165, 1.54) is 0 Å². The van der Waals surface area contributed by atoms with Gasteiger partial charge in [-0.05, 0) is 43.3 Å². The van der Waals surface area contributed by atoms with Crippen LogP contribution < -0.4 is 4.72 Å². The highest BCUT2D eigenvalue weighted by atomic mass is 32.2. The Morgan fingerprint density at radius 2 is 2.08 bits per heavy atom. The second kappa shape index (κ2) is 7.99. The van der Waals surface area contributed by atoms with Gasteiger partial charge in [0, 0.05) is 6.54 Å². The summed E-state index contributed by atoms with van der Waals surface area (Å²) in [6, 6.07) is 2.93. The largest absolute Gasteiger partial charge is 0.394 e. The Hall–Kier alpha value is -0.550. The van der Waals surface area contributed by atoms with Crippen LogP contribution in [-0.4, -0.2) is 74.1 Å². The SMILES string of the molecule is CC1CCN([C@H]2[C@H](O)[C@H](CO)O[C@@H]2CNS(=O)(=O)c2cccs2)CC1. The summed E-state index contributed by atoms with van der Waals surface area (Å²) in [4.78, 5) is 2.17. The molecule has 3 heterocycles. The molecule has 0 aromatic carbocycles. The number of hydrogen-bond donors (Lipinski definition) is 3. The lowest BCUT2D eigenvalue weighted by Gasteiger charge is -2.38. The molecule has 4 atom stereocenters. The number of hydrogen-bond acceptors (Lipinski definition) is 7. The van der Waals surface area contributed by atoms with Crippen LogP contribution in [0.5, 0.6) is 0 Å². The molecule has 2 aliphatic heterocycles. The molecule has 7 nitrogen and oxygen atoms in total. The highest BCUT2D eigenvalue weighted by molar-refractivity contribution is 7.91. The van der Waals surface area contributed by atoms with E-state index in [9.17, 15) is 18.6 Å². The van der Waals surface area contributed by atoms with E-state index >= 15 is 0 Å². The third-order valence-electron chi connectivity index (χ3n) is 5.12. The molecule has 0 aliphatic carbocycles. The Morgan fingerprint density at radius 1 is 1.36 bits per heavy atom. The monoisotopic (exact) mass is 390 g/mol. The first kappa shape index (κ1) is 19.2. The summed E-state index contributed by atoms with van der Waals surface area (Å²) >= 11 is 1.16. The minimum absolute atomic E-state index is 0.0739. The van der Waals surface area contributed by atoms with Crippen LogP contribution in [0.2, 0.25) is 0 Å². The van der Waals surface area contributed by atoms with Gasteiger partial charge in [-0.3, -0.25) is 4.90 Å². The Kier molecular flexibility index (Phi) is 6.15. The molecule has 25 heavy (non-hydrogen) atoms. The van der Waals surface area contributed by atoms with Gasteiger partial charge in [0.05, 0.1) is 18.8 Å².